The minimum absolute atomic E-state index is 0.339. The summed E-state index contributed by atoms with van der Waals surface area (Å²) in [4.78, 5) is 0. The summed E-state index contributed by atoms with van der Waals surface area (Å²) in [7, 11) is 0. The Hall–Kier alpha value is -0.780. The van der Waals surface area contributed by atoms with E-state index in [1.807, 2.05) is 6.08 Å². The van der Waals surface area contributed by atoms with Gasteiger partial charge < -0.3 is 0 Å². The molecule has 0 atom stereocenters. The Kier molecular flexibility index (Phi) is 2.33. The van der Waals surface area contributed by atoms with E-state index >= 15 is 0 Å². The first-order valence-electron chi connectivity index (χ1n) is 4.13. The predicted molar refractivity (Wildman–Crippen MR) is 50.4 cm³/mol. The zero-order valence-corrected chi connectivity index (χ0v) is 7.38. The standard InChI is InChI=1S/C11H16/c1-4-9-11(2,3)10-7-5-6-8-10/h4-8,10H,1,9H2,2-3H3. The van der Waals surface area contributed by atoms with Crippen molar-refractivity contribution < 1.29 is 0 Å². The zero-order valence-electron chi connectivity index (χ0n) is 7.38. The lowest BCUT2D eigenvalue weighted by Crippen LogP contribution is -2.18. The first-order chi connectivity index (χ1) is 5.17. The molecule has 1 aliphatic carbocycles. The van der Waals surface area contributed by atoms with E-state index in [4.69, 9.17) is 0 Å². The molecular weight excluding hydrogens is 132 g/mol. The van der Waals surface area contributed by atoms with E-state index in [1.165, 1.54) is 0 Å². The van der Waals surface area contributed by atoms with Gasteiger partial charge in [0.2, 0.25) is 0 Å². The minimum Gasteiger partial charge on any atom is -0.103 e. The fourth-order valence-electron chi connectivity index (χ4n) is 1.46. The zero-order chi connectivity index (χ0) is 8.32. The van der Waals surface area contributed by atoms with Crippen LogP contribution in [0.1, 0.15) is 20.3 Å². The molecule has 60 valence electrons. The molecule has 1 rings (SSSR count). The molecule has 0 bridgehead atoms. The van der Waals surface area contributed by atoms with Crippen molar-refractivity contribution >= 4 is 0 Å². The second kappa shape index (κ2) is 3.08. The van der Waals surface area contributed by atoms with Gasteiger partial charge in [0.05, 0.1) is 0 Å². The summed E-state index contributed by atoms with van der Waals surface area (Å²) in [6.45, 7) is 8.32. The Bertz CT molecular complexity index is 182. The molecule has 0 nitrogen and oxygen atoms in total. The molecule has 0 heterocycles. The fourth-order valence-corrected chi connectivity index (χ4v) is 1.46. The van der Waals surface area contributed by atoms with E-state index in [0.29, 0.717) is 11.3 Å². The van der Waals surface area contributed by atoms with Crippen LogP contribution in [0.5, 0.6) is 0 Å². The topological polar surface area (TPSA) is 0 Å². The van der Waals surface area contributed by atoms with Crippen molar-refractivity contribution in [3.05, 3.63) is 37.0 Å². The Morgan fingerprint density at radius 2 is 1.91 bits per heavy atom. The summed E-state index contributed by atoms with van der Waals surface area (Å²) in [6, 6.07) is 0. The molecular formula is C11H16. The normalized spacial score (nSPS) is 17.6. The highest BCUT2D eigenvalue weighted by Crippen LogP contribution is 2.34. The molecule has 0 aromatic heterocycles. The van der Waals surface area contributed by atoms with E-state index in [1.54, 1.807) is 0 Å². The van der Waals surface area contributed by atoms with Gasteiger partial charge >= 0.3 is 0 Å². The number of allylic oxidation sites excluding steroid dienone is 5. The quantitative estimate of drug-likeness (QED) is 0.538. The molecule has 0 heteroatoms. The van der Waals surface area contributed by atoms with Crippen LogP contribution in [0.3, 0.4) is 0 Å². The Labute approximate surface area is 69.3 Å². The van der Waals surface area contributed by atoms with E-state index < -0.39 is 0 Å². The summed E-state index contributed by atoms with van der Waals surface area (Å²) >= 11 is 0. The van der Waals surface area contributed by atoms with Gasteiger partial charge in [-0.2, -0.15) is 0 Å². The lowest BCUT2D eigenvalue weighted by Gasteiger charge is -2.27. The Morgan fingerprint density at radius 1 is 1.36 bits per heavy atom. The molecule has 0 unspecified atom stereocenters. The van der Waals surface area contributed by atoms with Crippen molar-refractivity contribution in [1.29, 1.82) is 0 Å². The van der Waals surface area contributed by atoms with Crippen LogP contribution in [-0.4, -0.2) is 0 Å². The first kappa shape index (κ1) is 8.32. The van der Waals surface area contributed by atoms with Crippen LogP contribution in [0.4, 0.5) is 0 Å². The van der Waals surface area contributed by atoms with Gasteiger partial charge in [0.1, 0.15) is 0 Å². The second-order valence-electron chi connectivity index (χ2n) is 3.78. The molecule has 0 aliphatic heterocycles. The average molecular weight is 148 g/mol. The Morgan fingerprint density at radius 3 is 2.36 bits per heavy atom. The fraction of sp³-hybridized carbons (Fsp3) is 0.455. The van der Waals surface area contributed by atoms with E-state index in [9.17, 15) is 0 Å². The molecule has 11 heavy (non-hydrogen) atoms. The highest BCUT2D eigenvalue weighted by atomic mass is 14.3. The third-order valence-corrected chi connectivity index (χ3v) is 2.32. The van der Waals surface area contributed by atoms with Crippen LogP contribution < -0.4 is 0 Å². The van der Waals surface area contributed by atoms with Crippen molar-refractivity contribution in [2.45, 2.75) is 20.3 Å². The van der Waals surface area contributed by atoms with Crippen molar-refractivity contribution in [1.82, 2.24) is 0 Å². The average Bonchev–Trinajstić information content (AvgIpc) is 2.37. The SMILES string of the molecule is C=CCC(C)(C)C1C=CC=C1. The maximum absolute atomic E-state index is 3.77. The van der Waals surface area contributed by atoms with E-state index in [-0.39, 0.29) is 0 Å². The maximum atomic E-state index is 3.77. The molecule has 0 N–H and O–H groups in total. The molecule has 1 aliphatic rings. The van der Waals surface area contributed by atoms with Gasteiger partial charge in [-0.25, -0.2) is 0 Å². The predicted octanol–water partition coefficient (Wildman–Crippen LogP) is 3.33. The van der Waals surface area contributed by atoms with Gasteiger partial charge in [0.15, 0.2) is 0 Å². The number of rotatable bonds is 3. The highest BCUT2D eigenvalue weighted by molar-refractivity contribution is 5.20. The minimum atomic E-state index is 0.339. The Balaban J connectivity index is 2.63. The van der Waals surface area contributed by atoms with Gasteiger partial charge in [-0.1, -0.05) is 44.2 Å². The van der Waals surface area contributed by atoms with Crippen molar-refractivity contribution in [3.63, 3.8) is 0 Å². The molecule has 0 saturated carbocycles. The third kappa shape index (κ3) is 1.83. The molecule has 0 fully saturated rings. The molecule has 0 aromatic rings. The monoisotopic (exact) mass is 148 g/mol. The summed E-state index contributed by atoms with van der Waals surface area (Å²) < 4.78 is 0. The lowest BCUT2D eigenvalue weighted by molar-refractivity contribution is 0.310. The first-order valence-corrected chi connectivity index (χ1v) is 4.13. The summed E-state index contributed by atoms with van der Waals surface area (Å²) in [6.07, 6.45) is 11.8. The van der Waals surface area contributed by atoms with Crippen LogP contribution in [-0.2, 0) is 0 Å². The van der Waals surface area contributed by atoms with Gasteiger partial charge in [0.25, 0.3) is 0 Å². The van der Waals surface area contributed by atoms with Gasteiger partial charge in [-0.05, 0) is 11.8 Å². The van der Waals surface area contributed by atoms with Crippen molar-refractivity contribution in [3.8, 4) is 0 Å². The smallest absolute Gasteiger partial charge is 0.000695 e. The third-order valence-electron chi connectivity index (χ3n) is 2.32. The van der Waals surface area contributed by atoms with Crippen LogP contribution in [0, 0.1) is 11.3 Å². The summed E-state index contributed by atoms with van der Waals surface area (Å²) in [5.41, 5.74) is 0.339. The van der Waals surface area contributed by atoms with Crippen LogP contribution in [0.2, 0.25) is 0 Å². The molecule has 0 saturated heterocycles. The van der Waals surface area contributed by atoms with Gasteiger partial charge in [-0.15, -0.1) is 6.58 Å². The van der Waals surface area contributed by atoms with Crippen molar-refractivity contribution in [2.24, 2.45) is 11.3 Å². The summed E-state index contributed by atoms with van der Waals surface area (Å²) in [5, 5.41) is 0. The second-order valence-corrected chi connectivity index (χ2v) is 3.78. The van der Waals surface area contributed by atoms with Crippen LogP contribution >= 0.6 is 0 Å². The van der Waals surface area contributed by atoms with E-state index in [0.717, 1.165) is 6.42 Å². The maximum Gasteiger partial charge on any atom is 0.000695 e. The molecule has 0 spiro atoms. The van der Waals surface area contributed by atoms with Crippen LogP contribution in [0.25, 0.3) is 0 Å². The molecule has 0 radical (unpaired) electrons. The number of hydrogen-bond acceptors (Lipinski definition) is 0. The lowest BCUT2D eigenvalue weighted by atomic mass is 9.77. The molecule has 0 aromatic carbocycles. The van der Waals surface area contributed by atoms with Crippen LogP contribution in [0.15, 0.2) is 37.0 Å². The highest BCUT2D eigenvalue weighted by Gasteiger charge is 2.24. The molecule has 0 amide bonds. The van der Waals surface area contributed by atoms with Gasteiger partial charge in [0, 0.05) is 5.92 Å². The largest absolute Gasteiger partial charge is 0.103 e. The van der Waals surface area contributed by atoms with Crippen molar-refractivity contribution in [2.75, 3.05) is 0 Å². The number of hydrogen-bond donors (Lipinski definition) is 0. The summed E-state index contributed by atoms with van der Waals surface area (Å²) in [5.74, 6) is 0.598. The van der Waals surface area contributed by atoms with E-state index in [2.05, 4.69) is 44.7 Å². The van der Waals surface area contributed by atoms with Gasteiger partial charge in [-0.3, -0.25) is 0 Å².